The first-order valence-electron chi connectivity index (χ1n) is 9.75. The number of hydrogen-bond acceptors (Lipinski definition) is 6. The van der Waals surface area contributed by atoms with Crippen molar-refractivity contribution in [1.82, 2.24) is 23.7 Å². The Kier molecular flexibility index (Phi) is 5.52. The van der Waals surface area contributed by atoms with Crippen LogP contribution in [0.5, 0.6) is 0 Å². The Morgan fingerprint density at radius 3 is 2.47 bits per heavy atom. The van der Waals surface area contributed by atoms with Crippen LogP contribution in [0.15, 0.2) is 33.9 Å². The summed E-state index contributed by atoms with van der Waals surface area (Å²) in [6, 6.07) is 5.98. The zero-order chi connectivity index (χ0) is 21.4. The summed E-state index contributed by atoms with van der Waals surface area (Å²) in [4.78, 5) is 45.3. The summed E-state index contributed by atoms with van der Waals surface area (Å²) >= 11 is 0.924. The number of hydrogen-bond donors (Lipinski definition) is 1. The topological polar surface area (TPSA) is 91.3 Å². The zero-order valence-electron chi connectivity index (χ0n) is 16.7. The number of amides is 1. The first kappa shape index (κ1) is 20.4. The van der Waals surface area contributed by atoms with Crippen LogP contribution in [0.2, 0.25) is 0 Å². The van der Waals surface area contributed by atoms with Crippen LogP contribution in [-0.2, 0) is 6.54 Å². The third-order valence-corrected chi connectivity index (χ3v) is 6.23. The van der Waals surface area contributed by atoms with E-state index in [9.17, 15) is 18.8 Å². The third kappa shape index (κ3) is 3.80. The van der Waals surface area contributed by atoms with Crippen LogP contribution in [0, 0.1) is 5.82 Å². The second-order valence-corrected chi connectivity index (χ2v) is 8.38. The van der Waals surface area contributed by atoms with Crippen molar-refractivity contribution >= 4 is 28.5 Å². The lowest BCUT2D eigenvalue weighted by atomic mass is 10.2. The summed E-state index contributed by atoms with van der Waals surface area (Å²) in [7, 11) is 0. The number of nitrogens with zero attached hydrogens (tertiary/aromatic N) is 4. The number of halogens is 1. The molecule has 1 N–H and O–H groups in total. The van der Waals surface area contributed by atoms with Gasteiger partial charge in [-0.2, -0.15) is 4.37 Å². The Balaban J connectivity index is 1.63. The van der Waals surface area contributed by atoms with Crippen LogP contribution in [0.25, 0.3) is 11.0 Å². The molecule has 0 spiro atoms. The van der Waals surface area contributed by atoms with Gasteiger partial charge in [0.2, 0.25) is 0 Å². The van der Waals surface area contributed by atoms with E-state index in [0.29, 0.717) is 24.7 Å². The Bertz CT molecular complexity index is 1190. The molecule has 1 aliphatic heterocycles. The number of fused-ring (bicyclic) bond motifs is 1. The van der Waals surface area contributed by atoms with Crippen molar-refractivity contribution < 1.29 is 9.18 Å². The highest BCUT2D eigenvalue weighted by Gasteiger charge is 2.27. The Morgan fingerprint density at radius 2 is 1.83 bits per heavy atom. The van der Waals surface area contributed by atoms with Gasteiger partial charge in [-0.1, -0.05) is 12.1 Å². The number of piperazine rings is 1. The van der Waals surface area contributed by atoms with Gasteiger partial charge >= 0.3 is 5.69 Å². The minimum Gasteiger partial charge on any atom is -0.335 e. The van der Waals surface area contributed by atoms with Gasteiger partial charge in [-0.15, -0.1) is 0 Å². The minimum absolute atomic E-state index is 0.0116. The lowest BCUT2D eigenvalue weighted by Crippen LogP contribution is -2.50. The molecule has 3 aromatic rings. The molecule has 4 rings (SSSR count). The van der Waals surface area contributed by atoms with Gasteiger partial charge in [-0.25, -0.2) is 9.18 Å². The normalized spacial score (nSPS) is 15.3. The van der Waals surface area contributed by atoms with Crippen LogP contribution >= 0.6 is 11.5 Å². The molecule has 10 heteroatoms. The van der Waals surface area contributed by atoms with E-state index in [0.717, 1.165) is 29.2 Å². The van der Waals surface area contributed by atoms with E-state index >= 15 is 0 Å². The molecule has 158 valence electrons. The molecule has 0 atom stereocenters. The highest BCUT2D eigenvalue weighted by atomic mass is 32.1. The zero-order valence-corrected chi connectivity index (χ0v) is 17.5. The molecule has 1 amide bonds. The number of carbonyl (C=O) groups is 1. The summed E-state index contributed by atoms with van der Waals surface area (Å²) in [5, 5.41) is 0. The fourth-order valence-electron chi connectivity index (χ4n) is 3.59. The van der Waals surface area contributed by atoms with Crippen LogP contribution < -0.4 is 11.2 Å². The van der Waals surface area contributed by atoms with Gasteiger partial charge in [0.05, 0.1) is 12.1 Å². The Labute approximate surface area is 175 Å². The van der Waals surface area contributed by atoms with Gasteiger partial charge in [0.1, 0.15) is 10.7 Å². The van der Waals surface area contributed by atoms with Gasteiger partial charge in [-0.3, -0.25) is 19.1 Å². The molecule has 0 radical (unpaired) electrons. The fourth-order valence-corrected chi connectivity index (χ4v) is 4.39. The molecule has 8 nitrogen and oxygen atoms in total. The Morgan fingerprint density at radius 1 is 1.17 bits per heavy atom. The van der Waals surface area contributed by atoms with Crippen molar-refractivity contribution in [1.29, 1.82) is 0 Å². The highest BCUT2D eigenvalue weighted by molar-refractivity contribution is 7.09. The quantitative estimate of drug-likeness (QED) is 0.676. The monoisotopic (exact) mass is 431 g/mol. The van der Waals surface area contributed by atoms with Gasteiger partial charge in [-0.05, 0) is 43.1 Å². The number of aromatic nitrogens is 3. The highest BCUT2D eigenvalue weighted by Crippen LogP contribution is 2.20. The number of aromatic amines is 1. The maximum atomic E-state index is 13.1. The number of H-pyrrole nitrogens is 1. The lowest BCUT2D eigenvalue weighted by molar-refractivity contribution is 0.0601. The number of nitrogens with one attached hydrogen (secondary N) is 1. The van der Waals surface area contributed by atoms with Crippen molar-refractivity contribution in [2.24, 2.45) is 0 Å². The van der Waals surface area contributed by atoms with Gasteiger partial charge in [0, 0.05) is 32.2 Å². The minimum atomic E-state index is -0.629. The molecule has 0 unspecified atom stereocenters. The van der Waals surface area contributed by atoms with Gasteiger partial charge < -0.3 is 9.88 Å². The molecule has 3 heterocycles. The first-order chi connectivity index (χ1) is 14.3. The second kappa shape index (κ2) is 8.11. The van der Waals surface area contributed by atoms with Crippen LogP contribution in [0.4, 0.5) is 4.39 Å². The molecule has 0 bridgehead atoms. The average molecular weight is 431 g/mol. The van der Waals surface area contributed by atoms with Gasteiger partial charge in [0.25, 0.3) is 11.5 Å². The molecular formula is C20H22FN5O3S. The maximum Gasteiger partial charge on any atom is 0.329 e. The van der Waals surface area contributed by atoms with Crippen molar-refractivity contribution in [2.75, 3.05) is 26.2 Å². The van der Waals surface area contributed by atoms with Crippen molar-refractivity contribution in [3.63, 3.8) is 0 Å². The van der Waals surface area contributed by atoms with E-state index in [-0.39, 0.29) is 28.4 Å². The standard InChI is InChI=1S/C20H22FN5O3S/c1-12(2)24-7-9-25(10-8-24)19(28)17-15-16(23-30-17)18(27)26(20(29)22-15)11-13-3-5-14(21)6-4-13/h3-6,12H,7-11H2,1-2H3,(H,22,29). The summed E-state index contributed by atoms with van der Waals surface area (Å²) in [6.07, 6.45) is 0. The maximum absolute atomic E-state index is 13.1. The Hall–Kier alpha value is -2.85. The predicted molar refractivity (Wildman–Crippen MR) is 113 cm³/mol. The molecule has 30 heavy (non-hydrogen) atoms. The van der Waals surface area contributed by atoms with E-state index in [2.05, 4.69) is 28.1 Å². The SMILES string of the molecule is CC(C)N1CCN(C(=O)c2snc3c(=O)n(Cc4ccc(F)cc4)c(=O)[nH]c23)CC1. The van der Waals surface area contributed by atoms with E-state index in [1.807, 2.05) is 0 Å². The molecule has 0 aliphatic carbocycles. The molecule has 1 saturated heterocycles. The molecule has 1 aliphatic rings. The lowest BCUT2D eigenvalue weighted by Gasteiger charge is -2.36. The third-order valence-electron chi connectivity index (χ3n) is 5.40. The predicted octanol–water partition coefficient (Wildman–Crippen LogP) is 1.50. The number of benzene rings is 1. The van der Waals surface area contributed by atoms with E-state index in [1.54, 1.807) is 4.90 Å². The van der Waals surface area contributed by atoms with E-state index in [1.165, 1.54) is 24.3 Å². The average Bonchev–Trinajstić information content (AvgIpc) is 3.15. The molecule has 0 saturated carbocycles. The molecular weight excluding hydrogens is 409 g/mol. The first-order valence-corrected chi connectivity index (χ1v) is 10.5. The molecule has 1 aromatic carbocycles. The summed E-state index contributed by atoms with van der Waals surface area (Å²) in [5.41, 5.74) is -0.348. The number of rotatable bonds is 4. The molecule has 2 aromatic heterocycles. The summed E-state index contributed by atoms with van der Waals surface area (Å²) in [5.74, 6) is -0.621. The fraction of sp³-hybridized carbons (Fsp3) is 0.400. The van der Waals surface area contributed by atoms with Crippen LogP contribution in [-0.4, -0.2) is 61.9 Å². The second-order valence-electron chi connectivity index (χ2n) is 7.61. The van der Waals surface area contributed by atoms with Crippen LogP contribution in [0.3, 0.4) is 0 Å². The van der Waals surface area contributed by atoms with E-state index < -0.39 is 17.1 Å². The summed E-state index contributed by atoms with van der Waals surface area (Å²) in [6.45, 7) is 6.96. The van der Waals surface area contributed by atoms with Gasteiger partial charge in [0.15, 0.2) is 5.52 Å². The summed E-state index contributed by atoms with van der Waals surface area (Å²) < 4.78 is 18.3. The smallest absolute Gasteiger partial charge is 0.329 e. The van der Waals surface area contributed by atoms with Crippen molar-refractivity contribution in [3.8, 4) is 0 Å². The van der Waals surface area contributed by atoms with Crippen LogP contribution in [0.1, 0.15) is 29.1 Å². The van der Waals surface area contributed by atoms with Crippen molar-refractivity contribution in [3.05, 3.63) is 61.4 Å². The van der Waals surface area contributed by atoms with Crippen molar-refractivity contribution in [2.45, 2.75) is 26.4 Å². The number of carbonyl (C=O) groups excluding carboxylic acids is 1. The van der Waals surface area contributed by atoms with E-state index in [4.69, 9.17) is 0 Å². The molecule has 1 fully saturated rings. The largest absolute Gasteiger partial charge is 0.335 e.